The van der Waals surface area contributed by atoms with Crippen molar-refractivity contribution in [2.45, 2.75) is 19.0 Å². The van der Waals surface area contributed by atoms with Gasteiger partial charge in [-0.2, -0.15) is 0 Å². The molecular formula is C21H24N4O3. The van der Waals surface area contributed by atoms with Gasteiger partial charge in [0.1, 0.15) is 6.61 Å². The predicted octanol–water partition coefficient (Wildman–Crippen LogP) is 3.04. The second kappa shape index (κ2) is 8.31. The van der Waals surface area contributed by atoms with Crippen LogP contribution in [-0.4, -0.2) is 49.3 Å². The number of likely N-dealkylation sites (tertiary alicyclic amines) is 1. The molecule has 0 spiro atoms. The minimum absolute atomic E-state index is 0.125. The molecule has 2 fully saturated rings. The van der Waals surface area contributed by atoms with Crippen LogP contribution in [0, 0.1) is 0 Å². The van der Waals surface area contributed by atoms with Crippen molar-refractivity contribution in [1.82, 2.24) is 10.2 Å². The molecule has 7 nitrogen and oxygen atoms in total. The average Bonchev–Trinajstić information content (AvgIpc) is 3.31. The first kappa shape index (κ1) is 18.3. The lowest BCUT2D eigenvalue weighted by Crippen LogP contribution is -2.39. The molecule has 2 aromatic carbocycles. The first-order chi connectivity index (χ1) is 13.7. The van der Waals surface area contributed by atoms with E-state index in [9.17, 15) is 9.59 Å². The summed E-state index contributed by atoms with van der Waals surface area (Å²) in [5.41, 5.74) is 2.65. The summed E-state index contributed by atoms with van der Waals surface area (Å²) in [4.78, 5) is 28.0. The van der Waals surface area contributed by atoms with Crippen molar-refractivity contribution < 1.29 is 14.3 Å². The fraction of sp³-hybridized carbons (Fsp3) is 0.333. The molecule has 1 unspecified atom stereocenters. The number of anilines is 2. The van der Waals surface area contributed by atoms with Crippen molar-refractivity contribution in [1.29, 1.82) is 0 Å². The summed E-state index contributed by atoms with van der Waals surface area (Å²) in [5.74, 6) is 0. The monoisotopic (exact) mass is 380 g/mol. The maximum Gasteiger partial charge on any atom is 0.414 e. The number of nitrogens with zero attached hydrogens (tertiary/aromatic N) is 2. The van der Waals surface area contributed by atoms with Crippen molar-refractivity contribution in [2.24, 2.45) is 0 Å². The van der Waals surface area contributed by atoms with Crippen LogP contribution >= 0.6 is 0 Å². The Hall–Kier alpha value is -3.06. The summed E-state index contributed by atoms with van der Waals surface area (Å²) in [7, 11) is 0. The van der Waals surface area contributed by atoms with Crippen LogP contribution < -0.4 is 15.5 Å². The molecule has 3 amide bonds. The molecule has 146 valence electrons. The first-order valence-corrected chi connectivity index (χ1v) is 9.55. The molecule has 0 radical (unpaired) electrons. The number of carbonyl (C=O) groups excluding carboxylic acids is 2. The van der Waals surface area contributed by atoms with Crippen molar-refractivity contribution in [2.75, 3.05) is 36.5 Å². The third-order valence-electron chi connectivity index (χ3n) is 5.03. The Balaban J connectivity index is 1.28. The Morgan fingerprint density at radius 2 is 1.96 bits per heavy atom. The summed E-state index contributed by atoms with van der Waals surface area (Å²) >= 11 is 0. The second-order valence-corrected chi connectivity index (χ2v) is 7.12. The number of cyclic esters (lactones) is 1. The van der Waals surface area contributed by atoms with Crippen molar-refractivity contribution in [3.8, 4) is 0 Å². The molecule has 0 aliphatic carbocycles. The van der Waals surface area contributed by atoms with E-state index in [1.807, 2.05) is 30.3 Å². The Morgan fingerprint density at radius 1 is 1.11 bits per heavy atom. The summed E-state index contributed by atoms with van der Waals surface area (Å²) in [6.07, 6.45) is 0.575. The van der Waals surface area contributed by atoms with Crippen LogP contribution in [0.1, 0.15) is 12.0 Å². The molecule has 2 N–H and O–H groups in total. The highest BCUT2D eigenvalue weighted by molar-refractivity contribution is 5.93. The van der Waals surface area contributed by atoms with Gasteiger partial charge in [0, 0.05) is 37.1 Å². The third-order valence-corrected chi connectivity index (χ3v) is 5.03. The SMILES string of the molecule is O=C(Nc1cccc(N2CCOC2=O)c1)NC1CCN(Cc2ccccc2)C1. The minimum atomic E-state index is -0.355. The zero-order chi connectivity index (χ0) is 19.3. The Morgan fingerprint density at radius 3 is 2.75 bits per heavy atom. The lowest BCUT2D eigenvalue weighted by molar-refractivity contribution is 0.181. The maximum absolute atomic E-state index is 12.4. The average molecular weight is 380 g/mol. The number of hydrogen-bond acceptors (Lipinski definition) is 4. The highest BCUT2D eigenvalue weighted by Gasteiger charge is 2.25. The molecule has 7 heteroatoms. The van der Waals surface area contributed by atoms with Gasteiger partial charge < -0.3 is 15.4 Å². The van der Waals surface area contributed by atoms with Crippen molar-refractivity contribution in [3.05, 3.63) is 60.2 Å². The normalized spacial score (nSPS) is 19.5. The van der Waals surface area contributed by atoms with E-state index in [0.717, 1.165) is 31.7 Å². The van der Waals surface area contributed by atoms with E-state index >= 15 is 0 Å². The van der Waals surface area contributed by atoms with Crippen LogP contribution in [0.4, 0.5) is 21.0 Å². The quantitative estimate of drug-likeness (QED) is 0.836. The van der Waals surface area contributed by atoms with Crippen LogP contribution in [0.2, 0.25) is 0 Å². The summed E-state index contributed by atoms with van der Waals surface area (Å²) in [5, 5.41) is 5.91. The molecular weight excluding hydrogens is 356 g/mol. The Bertz CT molecular complexity index is 843. The van der Waals surface area contributed by atoms with Crippen LogP contribution in [0.5, 0.6) is 0 Å². The van der Waals surface area contributed by atoms with Gasteiger partial charge >= 0.3 is 12.1 Å². The molecule has 0 aromatic heterocycles. The predicted molar refractivity (Wildman–Crippen MR) is 107 cm³/mol. The van der Waals surface area contributed by atoms with E-state index < -0.39 is 0 Å². The molecule has 2 heterocycles. The van der Waals surface area contributed by atoms with E-state index in [1.165, 1.54) is 5.56 Å². The Kier molecular flexibility index (Phi) is 5.43. The molecule has 2 aromatic rings. The number of hydrogen-bond donors (Lipinski definition) is 2. The molecule has 28 heavy (non-hydrogen) atoms. The van der Waals surface area contributed by atoms with Gasteiger partial charge in [-0.15, -0.1) is 0 Å². The van der Waals surface area contributed by atoms with E-state index in [0.29, 0.717) is 18.8 Å². The lowest BCUT2D eigenvalue weighted by Gasteiger charge is -2.18. The molecule has 2 saturated heterocycles. The van der Waals surface area contributed by atoms with E-state index in [4.69, 9.17) is 4.74 Å². The van der Waals surface area contributed by atoms with Gasteiger partial charge in [-0.3, -0.25) is 9.80 Å². The molecule has 1 atom stereocenters. The van der Waals surface area contributed by atoms with Crippen LogP contribution in [0.25, 0.3) is 0 Å². The van der Waals surface area contributed by atoms with Gasteiger partial charge in [-0.25, -0.2) is 9.59 Å². The zero-order valence-corrected chi connectivity index (χ0v) is 15.6. The van der Waals surface area contributed by atoms with Crippen molar-refractivity contribution in [3.63, 3.8) is 0 Å². The topological polar surface area (TPSA) is 73.9 Å². The second-order valence-electron chi connectivity index (χ2n) is 7.12. The molecule has 0 bridgehead atoms. The summed E-state index contributed by atoms with van der Waals surface area (Å²) in [6.45, 7) is 3.61. The number of rotatable bonds is 5. The highest BCUT2D eigenvalue weighted by atomic mass is 16.6. The van der Waals surface area contributed by atoms with E-state index in [2.05, 4.69) is 27.7 Å². The number of carbonyl (C=O) groups is 2. The molecule has 2 aliphatic heterocycles. The first-order valence-electron chi connectivity index (χ1n) is 9.55. The minimum Gasteiger partial charge on any atom is -0.447 e. The molecule has 4 rings (SSSR count). The van der Waals surface area contributed by atoms with Crippen molar-refractivity contribution >= 4 is 23.5 Å². The van der Waals surface area contributed by atoms with Crippen LogP contribution in [0.15, 0.2) is 54.6 Å². The number of nitrogens with one attached hydrogen (secondary N) is 2. The van der Waals surface area contributed by atoms with Gasteiger partial charge in [-0.1, -0.05) is 36.4 Å². The zero-order valence-electron chi connectivity index (χ0n) is 15.6. The van der Waals surface area contributed by atoms with Gasteiger partial charge in [0.05, 0.1) is 6.54 Å². The van der Waals surface area contributed by atoms with Crippen LogP contribution in [-0.2, 0) is 11.3 Å². The molecule has 2 aliphatic rings. The van der Waals surface area contributed by atoms with Gasteiger partial charge in [-0.05, 0) is 30.2 Å². The number of amides is 3. The number of urea groups is 1. The fourth-order valence-corrected chi connectivity index (χ4v) is 3.67. The van der Waals surface area contributed by atoms with Crippen LogP contribution in [0.3, 0.4) is 0 Å². The third kappa shape index (κ3) is 4.43. The maximum atomic E-state index is 12.4. The van der Waals surface area contributed by atoms with E-state index in [1.54, 1.807) is 17.0 Å². The standard InChI is InChI=1S/C21H24N4O3/c26-20(22-17-7-4-8-19(13-17)25-11-12-28-21(25)27)23-18-9-10-24(15-18)14-16-5-2-1-3-6-16/h1-8,13,18H,9-12,14-15H2,(H2,22,23,26). The van der Waals surface area contributed by atoms with Gasteiger partial charge in [0.25, 0.3) is 0 Å². The number of benzene rings is 2. The molecule has 0 saturated carbocycles. The lowest BCUT2D eigenvalue weighted by atomic mass is 10.2. The Labute approximate surface area is 164 Å². The van der Waals surface area contributed by atoms with Gasteiger partial charge in [0.15, 0.2) is 0 Å². The fourth-order valence-electron chi connectivity index (χ4n) is 3.67. The summed E-state index contributed by atoms with van der Waals surface area (Å²) in [6, 6.07) is 17.5. The van der Waals surface area contributed by atoms with Gasteiger partial charge in [0.2, 0.25) is 0 Å². The highest BCUT2D eigenvalue weighted by Crippen LogP contribution is 2.22. The van der Waals surface area contributed by atoms with E-state index in [-0.39, 0.29) is 18.2 Å². The smallest absolute Gasteiger partial charge is 0.414 e. The summed E-state index contributed by atoms with van der Waals surface area (Å²) < 4.78 is 4.96. The largest absolute Gasteiger partial charge is 0.447 e. The number of ether oxygens (including phenoxy) is 1.